The Morgan fingerprint density at radius 3 is 2.75 bits per heavy atom. The number of nitrogens with zero attached hydrogens (tertiary/aromatic N) is 5. The standard InChI is InChI=1S/C22H23N5S/c1-25-10-11-26(13-17-5-3-2-4-6-17)15-21(25)22-20-8-7-18(14-27(20)24-23-22)19-9-12-28-16-19/h2-9,12,14,16,21H,10-11,13,15H2,1H3/t21-/m0/s1. The van der Waals surface area contributed by atoms with Crippen molar-refractivity contribution in [2.75, 3.05) is 26.7 Å². The lowest BCUT2D eigenvalue weighted by Crippen LogP contribution is -2.46. The van der Waals surface area contributed by atoms with E-state index in [2.05, 4.69) is 92.6 Å². The van der Waals surface area contributed by atoms with Crippen LogP contribution in [0.4, 0.5) is 0 Å². The van der Waals surface area contributed by atoms with Crippen LogP contribution in [-0.2, 0) is 6.54 Å². The van der Waals surface area contributed by atoms with Gasteiger partial charge in [-0.3, -0.25) is 9.80 Å². The molecular weight excluding hydrogens is 366 g/mol. The number of piperazine rings is 1. The van der Waals surface area contributed by atoms with Gasteiger partial charge in [0.1, 0.15) is 5.69 Å². The van der Waals surface area contributed by atoms with E-state index >= 15 is 0 Å². The predicted molar refractivity (Wildman–Crippen MR) is 113 cm³/mol. The maximum absolute atomic E-state index is 4.58. The average molecular weight is 390 g/mol. The van der Waals surface area contributed by atoms with Crippen molar-refractivity contribution in [3.05, 3.63) is 76.7 Å². The van der Waals surface area contributed by atoms with Gasteiger partial charge in [-0.15, -0.1) is 5.10 Å². The maximum atomic E-state index is 4.58. The highest BCUT2D eigenvalue weighted by atomic mass is 32.1. The zero-order valence-corrected chi connectivity index (χ0v) is 16.7. The fraction of sp³-hybridized carbons (Fsp3) is 0.273. The normalized spacial score (nSPS) is 18.7. The topological polar surface area (TPSA) is 36.7 Å². The van der Waals surface area contributed by atoms with Gasteiger partial charge in [0.05, 0.1) is 11.6 Å². The summed E-state index contributed by atoms with van der Waals surface area (Å²) in [4.78, 5) is 4.92. The van der Waals surface area contributed by atoms with Gasteiger partial charge in [-0.05, 0) is 41.1 Å². The number of likely N-dealkylation sites (N-methyl/N-ethyl adjacent to an activating group) is 1. The van der Waals surface area contributed by atoms with Crippen LogP contribution >= 0.6 is 11.3 Å². The number of hydrogen-bond donors (Lipinski definition) is 0. The Morgan fingerprint density at radius 2 is 1.93 bits per heavy atom. The first-order valence-electron chi connectivity index (χ1n) is 9.62. The largest absolute Gasteiger partial charge is 0.296 e. The van der Waals surface area contributed by atoms with E-state index in [9.17, 15) is 0 Å². The van der Waals surface area contributed by atoms with Gasteiger partial charge in [0.25, 0.3) is 0 Å². The molecule has 142 valence electrons. The molecule has 0 spiro atoms. The second kappa shape index (κ2) is 7.47. The first kappa shape index (κ1) is 17.6. The molecule has 0 saturated carbocycles. The van der Waals surface area contributed by atoms with Crippen molar-refractivity contribution < 1.29 is 0 Å². The van der Waals surface area contributed by atoms with E-state index in [-0.39, 0.29) is 6.04 Å². The molecule has 0 radical (unpaired) electrons. The lowest BCUT2D eigenvalue weighted by atomic mass is 10.1. The summed E-state index contributed by atoms with van der Waals surface area (Å²) in [6.07, 6.45) is 2.08. The van der Waals surface area contributed by atoms with E-state index in [4.69, 9.17) is 0 Å². The summed E-state index contributed by atoms with van der Waals surface area (Å²) in [7, 11) is 2.19. The zero-order valence-electron chi connectivity index (χ0n) is 15.9. The summed E-state index contributed by atoms with van der Waals surface area (Å²) in [5.41, 5.74) is 5.93. The highest BCUT2D eigenvalue weighted by molar-refractivity contribution is 7.08. The molecule has 3 aromatic heterocycles. The molecule has 1 atom stereocenters. The molecule has 28 heavy (non-hydrogen) atoms. The zero-order chi connectivity index (χ0) is 18.9. The number of thiophene rings is 1. The third-order valence-electron chi connectivity index (χ3n) is 5.59. The summed E-state index contributed by atoms with van der Waals surface area (Å²) >= 11 is 1.71. The van der Waals surface area contributed by atoms with Gasteiger partial charge in [0, 0.05) is 37.9 Å². The quantitative estimate of drug-likeness (QED) is 0.530. The summed E-state index contributed by atoms with van der Waals surface area (Å²) in [6, 6.07) is 17.4. The molecule has 5 rings (SSSR count). The van der Waals surface area contributed by atoms with Crippen molar-refractivity contribution in [3.63, 3.8) is 0 Å². The molecular formula is C22H23N5S. The minimum absolute atomic E-state index is 0.252. The molecule has 6 heteroatoms. The molecule has 5 nitrogen and oxygen atoms in total. The van der Waals surface area contributed by atoms with Gasteiger partial charge < -0.3 is 0 Å². The lowest BCUT2D eigenvalue weighted by molar-refractivity contribution is 0.0889. The Hall–Kier alpha value is -2.54. The number of hydrogen-bond acceptors (Lipinski definition) is 5. The maximum Gasteiger partial charge on any atom is 0.109 e. The molecule has 1 aliphatic heterocycles. The van der Waals surface area contributed by atoms with Gasteiger partial charge in [-0.1, -0.05) is 41.6 Å². The minimum atomic E-state index is 0.252. The number of rotatable bonds is 4. The summed E-state index contributed by atoms with van der Waals surface area (Å²) in [6.45, 7) is 4.05. The molecule has 0 N–H and O–H groups in total. The molecule has 1 fully saturated rings. The van der Waals surface area contributed by atoms with Gasteiger partial charge in [-0.25, -0.2) is 4.52 Å². The lowest BCUT2D eigenvalue weighted by Gasteiger charge is -2.38. The van der Waals surface area contributed by atoms with Crippen LogP contribution in [0.15, 0.2) is 65.5 Å². The summed E-state index contributed by atoms with van der Waals surface area (Å²) in [5, 5.41) is 13.3. The third kappa shape index (κ3) is 3.35. The Labute approximate surface area is 168 Å². The molecule has 0 bridgehead atoms. The fourth-order valence-electron chi connectivity index (χ4n) is 3.96. The Kier molecular flexibility index (Phi) is 4.68. The van der Waals surface area contributed by atoms with E-state index in [1.165, 1.54) is 16.7 Å². The van der Waals surface area contributed by atoms with Gasteiger partial charge >= 0.3 is 0 Å². The van der Waals surface area contributed by atoms with Crippen molar-refractivity contribution in [3.8, 4) is 11.1 Å². The first-order chi connectivity index (χ1) is 13.8. The van der Waals surface area contributed by atoms with E-state index in [0.29, 0.717) is 0 Å². The van der Waals surface area contributed by atoms with Crippen LogP contribution in [-0.4, -0.2) is 51.3 Å². The summed E-state index contributed by atoms with van der Waals surface area (Å²) < 4.78 is 1.92. The Bertz CT molecular complexity index is 1060. The number of aromatic nitrogens is 3. The monoisotopic (exact) mass is 389 g/mol. The highest BCUT2D eigenvalue weighted by Crippen LogP contribution is 2.28. The SMILES string of the molecule is CN1CCN(Cc2ccccc2)C[C@H]1c1nnn2cc(-c3ccsc3)ccc12. The second-order valence-electron chi connectivity index (χ2n) is 7.45. The van der Waals surface area contributed by atoms with Crippen LogP contribution in [0.25, 0.3) is 16.6 Å². The third-order valence-corrected chi connectivity index (χ3v) is 6.27. The van der Waals surface area contributed by atoms with E-state index < -0.39 is 0 Å². The first-order valence-corrected chi connectivity index (χ1v) is 10.6. The van der Waals surface area contributed by atoms with Crippen LogP contribution in [0.2, 0.25) is 0 Å². The molecule has 0 amide bonds. The van der Waals surface area contributed by atoms with Gasteiger partial charge in [0.2, 0.25) is 0 Å². The van der Waals surface area contributed by atoms with Crippen LogP contribution < -0.4 is 0 Å². The van der Waals surface area contributed by atoms with Gasteiger partial charge in [-0.2, -0.15) is 11.3 Å². The molecule has 1 aromatic carbocycles. The number of pyridine rings is 1. The van der Waals surface area contributed by atoms with E-state index in [1.54, 1.807) is 11.3 Å². The van der Waals surface area contributed by atoms with Crippen LogP contribution in [0.3, 0.4) is 0 Å². The van der Waals surface area contributed by atoms with Crippen molar-refractivity contribution >= 4 is 16.9 Å². The number of benzene rings is 1. The highest BCUT2D eigenvalue weighted by Gasteiger charge is 2.29. The van der Waals surface area contributed by atoms with Crippen LogP contribution in [0, 0.1) is 0 Å². The molecule has 1 aliphatic rings. The minimum Gasteiger partial charge on any atom is -0.296 e. The second-order valence-corrected chi connectivity index (χ2v) is 8.23. The van der Waals surface area contributed by atoms with Crippen molar-refractivity contribution in [1.82, 2.24) is 24.6 Å². The molecule has 0 aliphatic carbocycles. The Morgan fingerprint density at radius 1 is 1.04 bits per heavy atom. The molecule has 1 saturated heterocycles. The van der Waals surface area contributed by atoms with Gasteiger partial charge in [0.15, 0.2) is 0 Å². The summed E-state index contributed by atoms with van der Waals surface area (Å²) in [5.74, 6) is 0. The predicted octanol–water partition coefficient (Wildman–Crippen LogP) is 3.95. The van der Waals surface area contributed by atoms with Crippen LogP contribution in [0.5, 0.6) is 0 Å². The van der Waals surface area contributed by atoms with Crippen LogP contribution in [0.1, 0.15) is 17.3 Å². The van der Waals surface area contributed by atoms with E-state index in [1.807, 2.05) is 4.52 Å². The fourth-order valence-corrected chi connectivity index (χ4v) is 4.63. The van der Waals surface area contributed by atoms with Crippen molar-refractivity contribution in [2.24, 2.45) is 0 Å². The van der Waals surface area contributed by atoms with Crippen molar-refractivity contribution in [1.29, 1.82) is 0 Å². The van der Waals surface area contributed by atoms with E-state index in [0.717, 1.165) is 37.4 Å². The average Bonchev–Trinajstić information content (AvgIpc) is 3.40. The Balaban J connectivity index is 1.41. The number of fused-ring (bicyclic) bond motifs is 1. The molecule has 0 unspecified atom stereocenters. The molecule has 4 aromatic rings. The smallest absolute Gasteiger partial charge is 0.109 e. The van der Waals surface area contributed by atoms with Crippen molar-refractivity contribution in [2.45, 2.75) is 12.6 Å². The molecule has 4 heterocycles.